The summed E-state index contributed by atoms with van der Waals surface area (Å²) in [5.41, 5.74) is 7.46. The first-order valence-electron chi connectivity index (χ1n) is 6.93. The van der Waals surface area contributed by atoms with Crippen LogP contribution in [0.3, 0.4) is 0 Å². The van der Waals surface area contributed by atoms with Gasteiger partial charge in [-0.2, -0.15) is 0 Å². The second kappa shape index (κ2) is 4.78. The molecule has 0 radical (unpaired) electrons. The second-order valence-electron chi connectivity index (χ2n) is 6.15. The summed E-state index contributed by atoms with van der Waals surface area (Å²) in [5.74, 6) is 0.692. The molecule has 19 heavy (non-hydrogen) atoms. The summed E-state index contributed by atoms with van der Waals surface area (Å²) in [4.78, 5) is 0. The normalized spacial score (nSPS) is 18.0. The Labute approximate surface area is 115 Å². The van der Waals surface area contributed by atoms with E-state index in [0.717, 1.165) is 24.0 Å². The Morgan fingerprint density at radius 1 is 1.37 bits per heavy atom. The van der Waals surface area contributed by atoms with Crippen molar-refractivity contribution in [2.45, 2.75) is 51.1 Å². The van der Waals surface area contributed by atoms with Gasteiger partial charge in [0.15, 0.2) is 0 Å². The molecule has 2 N–H and O–H groups in total. The maximum atomic E-state index is 14.4. The molecule has 2 nitrogen and oxygen atoms in total. The van der Waals surface area contributed by atoms with Gasteiger partial charge in [0.1, 0.15) is 11.4 Å². The van der Waals surface area contributed by atoms with E-state index < -0.39 is 5.67 Å². The minimum atomic E-state index is -1.41. The Bertz CT molecular complexity index is 467. The van der Waals surface area contributed by atoms with Crippen LogP contribution < -0.4 is 10.5 Å². The van der Waals surface area contributed by atoms with E-state index in [2.05, 4.69) is 6.92 Å². The Kier molecular flexibility index (Phi) is 3.61. The van der Waals surface area contributed by atoms with Crippen molar-refractivity contribution in [1.82, 2.24) is 0 Å². The van der Waals surface area contributed by atoms with E-state index in [4.69, 9.17) is 10.5 Å². The van der Waals surface area contributed by atoms with Crippen LogP contribution in [0.4, 0.5) is 4.39 Å². The Morgan fingerprint density at radius 3 is 2.37 bits per heavy atom. The second-order valence-corrected chi connectivity index (χ2v) is 6.15. The van der Waals surface area contributed by atoms with Crippen molar-refractivity contribution in [2.24, 2.45) is 5.73 Å². The van der Waals surface area contributed by atoms with Gasteiger partial charge in [0.2, 0.25) is 0 Å². The Morgan fingerprint density at radius 2 is 2.00 bits per heavy atom. The van der Waals surface area contributed by atoms with Crippen LogP contribution in [0.15, 0.2) is 12.1 Å². The molecule has 106 valence electrons. The molecule has 1 fully saturated rings. The summed E-state index contributed by atoms with van der Waals surface area (Å²) < 4.78 is 20.0. The van der Waals surface area contributed by atoms with Crippen LogP contribution in [0, 0.1) is 6.92 Å². The maximum Gasteiger partial charge on any atom is 0.134 e. The van der Waals surface area contributed by atoms with Crippen LogP contribution in [-0.2, 0) is 11.1 Å². The van der Waals surface area contributed by atoms with E-state index in [1.54, 1.807) is 21.0 Å². The van der Waals surface area contributed by atoms with Crippen molar-refractivity contribution >= 4 is 0 Å². The number of methoxy groups -OCH3 is 1. The van der Waals surface area contributed by atoms with Crippen LogP contribution in [0.1, 0.15) is 49.8 Å². The van der Waals surface area contributed by atoms with Gasteiger partial charge in [-0.05, 0) is 39.2 Å². The topological polar surface area (TPSA) is 35.2 Å². The smallest absolute Gasteiger partial charge is 0.134 e. The average molecular weight is 265 g/mol. The SMILES string of the molecule is COc1c(C(C)(C)F)ccc(C)c1C1(CN)CCC1. The number of aryl methyl sites for hydroxylation is 1. The maximum absolute atomic E-state index is 14.4. The quantitative estimate of drug-likeness (QED) is 0.903. The lowest BCUT2D eigenvalue weighted by Crippen LogP contribution is -2.42. The van der Waals surface area contributed by atoms with Crippen molar-refractivity contribution in [3.05, 3.63) is 28.8 Å². The van der Waals surface area contributed by atoms with Crippen LogP contribution in [-0.4, -0.2) is 13.7 Å². The van der Waals surface area contributed by atoms with E-state index in [0.29, 0.717) is 17.9 Å². The summed E-state index contributed by atoms with van der Waals surface area (Å²) in [6.45, 7) is 5.79. The molecule has 0 bridgehead atoms. The van der Waals surface area contributed by atoms with Gasteiger partial charge in [-0.25, -0.2) is 4.39 Å². The fourth-order valence-electron chi connectivity index (χ4n) is 3.18. The fourth-order valence-corrected chi connectivity index (χ4v) is 3.18. The predicted octanol–water partition coefficient (Wildman–Crippen LogP) is 3.59. The first-order chi connectivity index (χ1) is 8.85. The lowest BCUT2D eigenvalue weighted by molar-refractivity contribution is 0.206. The molecule has 0 unspecified atom stereocenters. The lowest BCUT2D eigenvalue weighted by atomic mass is 9.62. The van der Waals surface area contributed by atoms with Gasteiger partial charge in [0.25, 0.3) is 0 Å². The molecule has 0 spiro atoms. The summed E-state index contributed by atoms with van der Waals surface area (Å²) in [6, 6.07) is 3.82. The number of rotatable bonds is 4. The molecule has 3 heteroatoms. The number of ether oxygens (including phenoxy) is 1. The third kappa shape index (κ3) is 2.25. The van der Waals surface area contributed by atoms with Crippen LogP contribution in [0.25, 0.3) is 0 Å². The Balaban J connectivity index is 2.65. The van der Waals surface area contributed by atoms with E-state index >= 15 is 0 Å². The van der Waals surface area contributed by atoms with Crippen molar-refractivity contribution in [3.63, 3.8) is 0 Å². The molecular weight excluding hydrogens is 241 g/mol. The van der Waals surface area contributed by atoms with E-state index in [1.165, 1.54) is 6.42 Å². The van der Waals surface area contributed by atoms with E-state index in [9.17, 15) is 4.39 Å². The largest absolute Gasteiger partial charge is 0.496 e. The predicted molar refractivity (Wildman–Crippen MR) is 76.4 cm³/mol. The van der Waals surface area contributed by atoms with Crippen LogP contribution in [0.5, 0.6) is 5.75 Å². The highest BCUT2D eigenvalue weighted by atomic mass is 19.1. The van der Waals surface area contributed by atoms with E-state index in [-0.39, 0.29) is 5.41 Å². The van der Waals surface area contributed by atoms with Crippen LogP contribution in [0.2, 0.25) is 0 Å². The average Bonchev–Trinajstić information content (AvgIpc) is 2.28. The summed E-state index contributed by atoms with van der Waals surface area (Å²) in [6.07, 6.45) is 3.32. The summed E-state index contributed by atoms with van der Waals surface area (Å²) in [7, 11) is 1.62. The monoisotopic (exact) mass is 265 g/mol. The number of hydrogen-bond acceptors (Lipinski definition) is 2. The standard InChI is InChI=1S/C16H24FNO/c1-11-6-7-12(15(2,3)17)14(19-4)13(11)16(10-18)8-5-9-16/h6-7H,5,8-10,18H2,1-4H3. The Hall–Kier alpha value is -1.09. The molecule has 1 saturated carbocycles. The highest BCUT2D eigenvalue weighted by molar-refractivity contribution is 5.53. The number of benzene rings is 1. The molecule has 0 amide bonds. The third-order valence-corrected chi connectivity index (χ3v) is 4.44. The zero-order valence-electron chi connectivity index (χ0n) is 12.3. The first-order valence-corrected chi connectivity index (χ1v) is 6.93. The molecule has 1 aromatic rings. The number of nitrogens with two attached hydrogens (primary N) is 1. The van der Waals surface area contributed by atoms with Gasteiger partial charge in [0, 0.05) is 23.1 Å². The minimum Gasteiger partial charge on any atom is -0.496 e. The molecule has 0 aromatic heterocycles. The zero-order chi connectivity index (χ0) is 14.3. The molecule has 1 aliphatic rings. The van der Waals surface area contributed by atoms with Gasteiger partial charge in [-0.15, -0.1) is 0 Å². The molecular formula is C16H24FNO. The lowest BCUT2D eigenvalue weighted by Gasteiger charge is -2.43. The van der Waals surface area contributed by atoms with Gasteiger partial charge in [-0.1, -0.05) is 18.6 Å². The highest BCUT2D eigenvalue weighted by Crippen LogP contribution is 2.50. The van der Waals surface area contributed by atoms with E-state index in [1.807, 2.05) is 12.1 Å². The fraction of sp³-hybridized carbons (Fsp3) is 0.625. The van der Waals surface area contributed by atoms with Crippen molar-refractivity contribution in [3.8, 4) is 5.75 Å². The van der Waals surface area contributed by atoms with Gasteiger partial charge < -0.3 is 10.5 Å². The van der Waals surface area contributed by atoms with Crippen LogP contribution >= 0.6 is 0 Å². The number of alkyl halides is 1. The molecule has 2 rings (SSSR count). The third-order valence-electron chi connectivity index (χ3n) is 4.44. The highest BCUT2D eigenvalue weighted by Gasteiger charge is 2.42. The van der Waals surface area contributed by atoms with Crippen molar-refractivity contribution in [1.29, 1.82) is 0 Å². The number of hydrogen-bond donors (Lipinski definition) is 1. The van der Waals surface area contributed by atoms with Gasteiger partial charge in [-0.3, -0.25) is 0 Å². The van der Waals surface area contributed by atoms with Crippen molar-refractivity contribution in [2.75, 3.05) is 13.7 Å². The summed E-state index contributed by atoms with van der Waals surface area (Å²) in [5, 5.41) is 0. The van der Waals surface area contributed by atoms with Gasteiger partial charge in [0.05, 0.1) is 7.11 Å². The van der Waals surface area contributed by atoms with Gasteiger partial charge >= 0.3 is 0 Å². The molecule has 0 saturated heterocycles. The summed E-state index contributed by atoms with van der Waals surface area (Å²) >= 11 is 0. The molecule has 0 atom stereocenters. The molecule has 1 aromatic carbocycles. The first kappa shape index (κ1) is 14.3. The van der Waals surface area contributed by atoms with Crippen molar-refractivity contribution < 1.29 is 9.13 Å². The molecule has 0 heterocycles. The zero-order valence-corrected chi connectivity index (χ0v) is 12.3. The molecule has 0 aliphatic heterocycles. The number of halogens is 1. The minimum absolute atomic E-state index is 0.0172. The molecule has 1 aliphatic carbocycles.